The Kier molecular flexibility index (Phi) is 6.65. The molecule has 5 nitrogen and oxygen atoms in total. The van der Waals surface area contributed by atoms with Crippen LogP contribution in [0.5, 0.6) is 11.5 Å². The lowest BCUT2D eigenvalue weighted by Crippen LogP contribution is -2.37. The molecule has 1 aliphatic rings. The summed E-state index contributed by atoms with van der Waals surface area (Å²) in [6, 6.07) is 22.1. The average Bonchev–Trinajstić information content (AvgIpc) is 2.76. The second kappa shape index (κ2) is 9.63. The standard InChI is InChI=1S/C27H29N3O2S/c1-18-8-7-11-21(14-18)28-26(33)30-29-24-16-27(3,4)32-25-13-12-22(15-23(24)25)31-17-20-10-6-5-9-19(20)2/h5-15H,16-17H2,1-4H3,(H2,28,30,33)/b29-24-. The Bertz CT molecular complexity index is 1200. The van der Waals surface area contributed by atoms with E-state index >= 15 is 0 Å². The molecule has 3 aromatic carbocycles. The first-order valence-corrected chi connectivity index (χ1v) is 11.4. The molecule has 0 saturated carbocycles. The zero-order valence-corrected chi connectivity index (χ0v) is 20.3. The van der Waals surface area contributed by atoms with Crippen LogP contribution < -0.4 is 20.2 Å². The molecule has 0 bridgehead atoms. The van der Waals surface area contributed by atoms with Crippen molar-refractivity contribution in [2.75, 3.05) is 5.32 Å². The van der Waals surface area contributed by atoms with E-state index in [1.807, 2.05) is 61.5 Å². The van der Waals surface area contributed by atoms with Gasteiger partial charge in [0.05, 0.1) is 5.71 Å². The van der Waals surface area contributed by atoms with E-state index in [9.17, 15) is 0 Å². The third-order valence-corrected chi connectivity index (χ3v) is 5.66. The van der Waals surface area contributed by atoms with E-state index in [-0.39, 0.29) is 5.60 Å². The highest BCUT2D eigenvalue weighted by molar-refractivity contribution is 7.80. The highest BCUT2D eigenvalue weighted by atomic mass is 32.1. The first-order chi connectivity index (χ1) is 15.8. The first kappa shape index (κ1) is 22.8. The summed E-state index contributed by atoms with van der Waals surface area (Å²) in [6.45, 7) is 8.75. The lowest BCUT2D eigenvalue weighted by molar-refractivity contribution is 0.111. The molecule has 0 atom stereocenters. The third-order valence-electron chi connectivity index (χ3n) is 5.47. The molecular formula is C27H29N3O2S. The summed E-state index contributed by atoms with van der Waals surface area (Å²) in [5, 5.41) is 8.26. The van der Waals surface area contributed by atoms with Crippen LogP contribution in [0.2, 0.25) is 0 Å². The van der Waals surface area contributed by atoms with Crippen LogP contribution in [0.3, 0.4) is 0 Å². The van der Waals surface area contributed by atoms with Crippen molar-refractivity contribution in [2.45, 2.75) is 46.3 Å². The van der Waals surface area contributed by atoms with Gasteiger partial charge in [-0.1, -0.05) is 36.4 Å². The largest absolute Gasteiger partial charge is 0.489 e. The Morgan fingerprint density at radius 2 is 1.88 bits per heavy atom. The maximum Gasteiger partial charge on any atom is 0.191 e. The number of ether oxygens (including phenoxy) is 2. The Labute approximate surface area is 200 Å². The molecule has 0 unspecified atom stereocenters. The van der Waals surface area contributed by atoms with Crippen LogP contribution in [0.4, 0.5) is 5.69 Å². The van der Waals surface area contributed by atoms with Crippen molar-refractivity contribution < 1.29 is 9.47 Å². The maximum absolute atomic E-state index is 6.19. The van der Waals surface area contributed by atoms with E-state index in [4.69, 9.17) is 21.7 Å². The average molecular weight is 460 g/mol. The minimum absolute atomic E-state index is 0.372. The summed E-state index contributed by atoms with van der Waals surface area (Å²) in [5.41, 5.74) is 8.86. The summed E-state index contributed by atoms with van der Waals surface area (Å²) in [6.07, 6.45) is 0.640. The summed E-state index contributed by atoms with van der Waals surface area (Å²) in [4.78, 5) is 0. The van der Waals surface area contributed by atoms with E-state index in [1.54, 1.807) is 0 Å². The predicted octanol–water partition coefficient (Wildman–Crippen LogP) is 6.13. The molecule has 4 rings (SSSR count). The fourth-order valence-electron chi connectivity index (χ4n) is 3.78. The molecule has 6 heteroatoms. The van der Waals surface area contributed by atoms with Gasteiger partial charge in [-0.25, -0.2) is 0 Å². The number of aryl methyl sites for hydroxylation is 2. The molecule has 0 spiro atoms. The van der Waals surface area contributed by atoms with Gasteiger partial charge in [0.25, 0.3) is 0 Å². The second-order valence-electron chi connectivity index (χ2n) is 8.91. The fraction of sp³-hybridized carbons (Fsp3) is 0.259. The number of thiocarbonyl (C=S) groups is 1. The number of nitrogens with one attached hydrogen (secondary N) is 2. The number of nitrogens with zero attached hydrogens (tertiary/aromatic N) is 1. The number of benzene rings is 3. The van der Waals surface area contributed by atoms with Crippen molar-refractivity contribution in [1.29, 1.82) is 0 Å². The normalized spacial score (nSPS) is 15.3. The molecule has 3 aromatic rings. The number of hydrazone groups is 1. The van der Waals surface area contributed by atoms with Gasteiger partial charge in [0.15, 0.2) is 5.11 Å². The monoisotopic (exact) mass is 459 g/mol. The predicted molar refractivity (Wildman–Crippen MR) is 138 cm³/mol. The minimum atomic E-state index is -0.372. The topological polar surface area (TPSA) is 54.9 Å². The molecule has 33 heavy (non-hydrogen) atoms. The molecule has 0 fully saturated rings. The smallest absolute Gasteiger partial charge is 0.191 e. The van der Waals surface area contributed by atoms with Gasteiger partial charge in [-0.05, 0) is 86.9 Å². The van der Waals surface area contributed by atoms with Gasteiger partial charge >= 0.3 is 0 Å². The van der Waals surface area contributed by atoms with Crippen LogP contribution >= 0.6 is 12.2 Å². The second-order valence-corrected chi connectivity index (χ2v) is 9.31. The minimum Gasteiger partial charge on any atom is -0.489 e. The summed E-state index contributed by atoms with van der Waals surface area (Å²) in [5.74, 6) is 1.56. The van der Waals surface area contributed by atoms with Crippen molar-refractivity contribution in [3.8, 4) is 11.5 Å². The zero-order valence-electron chi connectivity index (χ0n) is 19.4. The molecule has 1 aliphatic heterocycles. The summed E-state index contributed by atoms with van der Waals surface area (Å²) >= 11 is 5.45. The highest BCUT2D eigenvalue weighted by Gasteiger charge is 2.31. The highest BCUT2D eigenvalue weighted by Crippen LogP contribution is 2.35. The molecule has 2 N–H and O–H groups in total. The molecule has 0 radical (unpaired) electrons. The first-order valence-electron chi connectivity index (χ1n) is 11.0. The van der Waals surface area contributed by atoms with Crippen molar-refractivity contribution in [3.63, 3.8) is 0 Å². The van der Waals surface area contributed by atoms with Gasteiger partial charge in [-0.3, -0.25) is 5.43 Å². The van der Waals surface area contributed by atoms with Crippen molar-refractivity contribution in [1.82, 2.24) is 5.43 Å². The van der Waals surface area contributed by atoms with Crippen molar-refractivity contribution in [2.24, 2.45) is 5.10 Å². The van der Waals surface area contributed by atoms with Crippen LogP contribution in [-0.4, -0.2) is 16.4 Å². The van der Waals surface area contributed by atoms with Gasteiger partial charge in [0, 0.05) is 17.7 Å². The van der Waals surface area contributed by atoms with Gasteiger partial charge < -0.3 is 14.8 Å². The van der Waals surface area contributed by atoms with E-state index < -0.39 is 0 Å². The summed E-state index contributed by atoms with van der Waals surface area (Å²) < 4.78 is 12.3. The molecule has 0 amide bonds. The Hall–Kier alpha value is -3.38. The number of anilines is 1. The molecule has 170 valence electrons. The van der Waals surface area contributed by atoms with Crippen molar-refractivity contribution >= 4 is 28.7 Å². The number of hydrogen-bond acceptors (Lipinski definition) is 4. The van der Waals surface area contributed by atoms with Gasteiger partial charge in [-0.15, -0.1) is 0 Å². The summed E-state index contributed by atoms with van der Waals surface area (Å²) in [7, 11) is 0. The number of rotatable bonds is 5. The van der Waals surface area contributed by atoms with Gasteiger partial charge in [0.2, 0.25) is 0 Å². The van der Waals surface area contributed by atoms with E-state index in [0.717, 1.165) is 39.6 Å². The molecule has 0 aliphatic carbocycles. The van der Waals surface area contributed by atoms with Crippen LogP contribution in [0, 0.1) is 13.8 Å². The number of fused-ring (bicyclic) bond motifs is 1. The van der Waals surface area contributed by atoms with E-state index in [1.165, 1.54) is 5.56 Å². The van der Waals surface area contributed by atoms with Crippen LogP contribution in [-0.2, 0) is 6.61 Å². The van der Waals surface area contributed by atoms with Crippen LogP contribution in [0.15, 0.2) is 71.8 Å². The molecular weight excluding hydrogens is 430 g/mol. The molecule has 1 heterocycles. The Morgan fingerprint density at radius 1 is 1.06 bits per heavy atom. The van der Waals surface area contributed by atoms with Gasteiger partial charge in [0.1, 0.15) is 23.7 Å². The number of hydrogen-bond donors (Lipinski definition) is 2. The Morgan fingerprint density at radius 3 is 2.67 bits per heavy atom. The van der Waals surface area contributed by atoms with Crippen LogP contribution in [0.1, 0.15) is 42.5 Å². The SMILES string of the molecule is Cc1cccc(NC(=S)N/N=C2/CC(C)(C)Oc3ccc(OCc4ccccc4C)cc32)c1. The quantitative estimate of drug-likeness (QED) is 0.355. The third kappa shape index (κ3) is 5.90. The van der Waals surface area contributed by atoms with Crippen LogP contribution in [0.25, 0.3) is 0 Å². The van der Waals surface area contributed by atoms with E-state index in [0.29, 0.717) is 18.1 Å². The maximum atomic E-state index is 6.19. The molecule has 0 saturated heterocycles. The van der Waals surface area contributed by atoms with Gasteiger partial charge in [-0.2, -0.15) is 5.10 Å². The van der Waals surface area contributed by atoms with Crippen molar-refractivity contribution in [3.05, 3.63) is 89.0 Å². The fourth-order valence-corrected chi connectivity index (χ4v) is 3.94. The lowest BCUT2D eigenvalue weighted by atomic mass is 9.92. The zero-order chi connectivity index (χ0) is 23.4. The van der Waals surface area contributed by atoms with E-state index in [2.05, 4.69) is 48.7 Å². The lowest BCUT2D eigenvalue weighted by Gasteiger charge is -2.33. The Balaban J connectivity index is 1.52. The molecule has 0 aromatic heterocycles.